The van der Waals surface area contributed by atoms with Crippen molar-refractivity contribution in [2.24, 2.45) is 0 Å². The van der Waals surface area contributed by atoms with Gasteiger partial charge in [-0.05, 0) is 55.4 Å². The molecule has 0 aliphatic carbocycles. The number of aromatic nitrogens is 3. The van der Waals surface area contributed by atoms with E-state index in [9.17, 15) is 0 Å². The molecule has 0 amide bonds. The topological polar surface area (TPSA) is 65.4 Å². The predicted molar refractivity (Wildman–Crippen MR) is 78.6 cm³/mol. The molecule has 0 saturated heterocycles. The number of aryl methyl sites for hydroxylation is 2. The van der Waals surface area contributed by atoms with Gasteiger partial charge in [-0.2, -0.15) is 5.26 Å². The number of pyridine rings is 1. The van der Waals surface area contributed by atoms with Crippen LogP contribution in [0, 0.1) is 25.2 Å². The van der Waals surface area contributed by atoms with Gasteiger partial charge in [-0.25, -0.2) is 9.97 Å². The first-order valence-electron chi connectivity index (χ1n) is 6.17. The van der Waals surface area contributed by atoms with E-state index in [0.29, 0.717) is 10.6 Å². The van der Waals surface area contributed by atoms with Crippen LogP contribution < -0.4 is 0 Å². The van der Waals surface area contributed by atoms with Crippen LogP contribution in [0.4, 0.5) is 0 Å². The molecule has 4 nitrogen and oxygen atoms in total. The zero-order chi connectivity index (χ0) is 14.1. The molecule has 2 heterocycles. The number of nitrogens with zero attached hydrogens (tertiary/aromatic N) is 3. The summed E-state index contributed by atoms with van der Waals surface area (Å²) >= 11 is 1.38. The average molecular weight is 280 g/mol. The number of H-pyrrole nitrogens is 1. The summed E-state index contributed by atoms with van der Waals surface area (Å²) in [5, 5.41) is 10.6. The lowest BCUT2D eigenvalue weighted by atomic mass is 10.2. The minimum atomic E-state index is 0.567. The number of rotatable bonds is 2. The fourth-order valence-electron chi connectivity index (χ4n) is 1.94. The van der Waals surface area contributed by atoms with Crippen molar-refractivity contribution >= 4 is 22.8 Å². The fraction of sp³-hybridized carbons (Fsp3) is 0.133. The number of nitrogens with one attached hydrogen (secondary N) is 1. The molecular formula is C15H12N4S. The van der Waals surface area contributed by atoms with Gasteiger partial charge >= 0.3 is 0 Å². The van der Waals surface area contributed by atoms with Crippen molar-refractivity contribution in [3.05, 3.63) is 47.2 Å². The van der Waals surface area contributed by atoms with Crippen LogP contribution in [0.3, 0.4) is 0 Å². The van der Waals surface area contributed by atoms with Gasteiger partial charge in [0.25, 0.3) is 0 Å². The Morgan fingerprint density at radius 3 is 2.80 bits per heavy atom. The molecule has 2 aromatic heterocycles. The molecule has 20 heavy (non-hydrogen) atoms. The normalized spacial score (nSPS) is 10.7. The lowest BCUT2D eigenvalue weighted by Crippen LogP contribution is -1.90. The van der Waals surface area contributed by atoms with E-state index in [-0.39, 0.29) is 0 Å². The maximum absolute atomic E-state index is 9.13. The number of hydrogen-bond acceptors (Lipinski definition) is 4. The maximum Gasteiger partial charge on any atom is 0.172 e. The Hall–Kier alpha value is -2.32. The Kier molecular flexibility index (Phi) is 3.17. The van der Waals surface area contributed by atoms with Gasteiger partial charge in [0.1, 0.15) is 11.1 Å². The van der Waals surface area contributed by atoms with Gasteiger partial charge in [0.2, 0.25) is 0 Å². The second-order valence-corrected chi connectivity index (χ2v) is 5.56. The molecule has 0 atom stereocenters. The summed E-state index contributed by atoms with van der Waals surface area (Å²) in [6.07, 6.45) is 0. The Bertz CT molecular complexity index is 829. The third-order valence-corrected chi connectivity index (χ3v) is 3.82. The second-order valence-electron chi connectivity index (χ2n) is 4.58. The maximum atomic E-state index is 9.13. The molecular weight excluding hydrogens is 268 g/mol. The predicted octanol–water partition coefficient (Wildman–Crippen LogP) is 3.60. The number of hydrogen-bond donors (Lipinski definition) is 1. The van der Waals surface area contributed by atoms with Crippen molar-refractivity contribution in [1.82, 2.24) is 15.0 Å². The molecule has 0 aliphatic rings. The summed E-state index contributed by atoms with van der Waals surface area (Å²) in [6, 6.07) is 11.9. The Balaban J connectivity index is 2.01. The highest BCUT2D eigenvalue weighted by molar-refractivity contribution is 7.99. The summed E-state index contributed by atoms with van der Waals surface area (Å²) in [6.45, 7) is 3.95. The molecule has 0 aliphatic heterocycles. The molecule has 0 radical (unpaired) electrons. The van der Waals surface area contributed by atoms with Crippen LogP contribution >= 0.6 is 11.8 Å². The Labute approximate surface area is 120 Å². The van der Waals surface area contributed by atoms with E-state index in [1.165, 1.54) is 17.3 Å². The van der Waals surface area contributed by atoms with Gasteiger partial charge < -0.3 is 4.98 Å². The van der Waals surface area contributed by atoms with Gasteiger partial charge in [-0.1, -0.05) is 6.07 Å². The minimum Gasteiger partial charge on any atom is -0.333 e. The number of benzene rings is 1. The van der Waals surface area contributed by atoms with E-state index in [0.717, 1.165) is 21.9 Å². The van der Waals surface area contributed by atoms with Crippen LogP contribution in [0.15, 0.2) is 40.5 Å². The summed E-state index contributed by atoms with van der Waals surface area (Å²) < 4.78 is 0. The highest BCUT2D eigenvalue weighted by Crippen LogP contribution is 2.28. The van der Waals surface area contributed by atoms with Gasteiger partial charge in [-0.15, -0.1) is 0 Å². The van der Waals surface area contributed by atoms with Crippen LogP contribution in [0.25, 0.3) is 11.0 Å². The number of imidazole rings is 1. The van der Waals surface area contributed by atoms with E-state index in [1.807, 2.05) is 32.0 Å². The van der Waals surface area contributed by atoms with E-state index < -0.39 is 0 Å². The molecule has 0 unspecified atom stereocenters. The first-order chi connectivity index (χ1) is 9.65. The molecule has 1 N–H and O–H groups in total. The first kappa shape index (κ1) is 12.7. The quantitative estimate of drug-likeness (QED) is 0.779. The van der Waals surface area contributed by atoms with E-state index in [1.54, 1.807) is 6.07 Å². The molecule has 0 spiro atoms. The summed E-state index contributed by atoms with van der Waals surface area (Å²) in [4.78, 5) is 12.2. The van der Waals surface area contributed by atoms with Crippen LogP contribution in [0.5, 0.6) is 0 Å². The van der Waals surface area contributed by atoms with E-state index >= 15 is 0 Å². The van der Waals surface area contributed by atoms with Crippen LogP contribution in [-0.2, 0) is 0 Å². The van der Waals surface area contributed by atoms with Crippen molar-refractivity contribution in [2.75, 3.05) is 0 Å². The summed E-state index contributed by atoms with van der Waals surface area (Å²) in [7, 11) is 0. The van der Waals surface area contributed by atoms with Crippen molar-refractivity contribution in [3.63, 3.8) is 0 Å². The van der Waals surface area contributed by atoms with Gasteiger partial charge in [-0.3, -0.25) is 0 Å². The fourth-order valence-corrected chi connectivity index (χ4v) is 2.84. The Morgan fingerprint density at radius 1 is 1.15 bits per heavy atom. The van der Waals surface area contributed by atoms with Crippen LogP contribution in [0.2, 0.25) is 0 Å². The lowest BCUT2D eigenvalue weighted by Gasteiger charge is -2.01. The SMILES string of the molecule is Cc1ccc2nc(Sc3nc(C)ccc3C#N)[nH]c2c1. The van der Waals surface area contributed by atoms with Gasteiger partial charge in [0.15, 0.2) is 5.16 Å². The van der Waals surface area contributed by atoms with Crippen molar-refractivity contribution in [2.45, 2.75) is 24.0 Å². The smallest absolute Gasteiger partial charge is 0.172 e. The number of aromatic amines is 1. The molecule has 98 valence electrons. The zero-order valence-corrected chi connectivity index (χ0v) is 12.0. The highest BCUT2D eigenvalue weighted by atomic mass is 32.2. The molecule has 3 aromatic rings. The molecule has 3 rings (SSSR count). The van der Waals surface area contributed by atoms with Crippen LogP contribution in [-0.4, -0.2) is 15.0 Å². The highest BCUT2D eigenvalue weighted by Gasteiger charge is 2.10. The third-order valence-electron chi connectivity index (χ3n) is 2.93. The minimum absolute atomic E-state index is 0.567. The van der Waals surface area contributed by atoms with Gasteiger partial charge in [0.05, 0.1) is 16.6 Å². The van der Waals surface area contributed by atoms with Crippen molar-refractivity contribution in [3.8, 4) is 6.07 Å². The molecule has 1 aromatic carbocycles. The lowest BCUT2D eigenvalue weighted by molar-refractivity contribution is 1.02. The molecule has 5 heteroatoms. The number of fused-ring (bicyclic) bond motifs is 1. The van der Waals surface area contributed by atoms with Crippen molar-refractivity contribution in [1.29, 1.82) is 5.26 Å². The Morgan fingerprint density at radius 2 is 2.00 bits per heavy atom. The van der Waals surface area contributed by atoms with Gasteiger partial charge in [0, 0.05) is 5.69 Å². The summed E-state index contributed by atoms with van der Waals surface area (Å²) in [5.74, 6) is 0. The zero-order valence-electron chi connectivity index (χ0n) is 11.1. The monoisotopic (exact) mass is 280 g/mol. The van der Waals surface area contributed by atoms with E-state index in [4.69, 9.17) is 5.26 Å². The molecule has 0 fully saturated rings. The summed E-state index contributed by atoms with van der Waals surface area (Å²) in [5.41, 5.74) is 4.56. The largest absolute Gasteiger partial charge is 0.333 e. The molecule has 0 saturated carbocycles. The first-order valence-corrected chi connectivity index (χ1v) is 6.99. The average Bonchev–Trinajstić information content (AvgIpc) is 2.80. The third kappa shape index (κ3) is 2.38. The number of nitriles is 1. The van der Waals surface area contributed by atoms with Crippen LogP contribution in [0.1, 0.15) is 16.8 Å². The van der Waals surface area contributed by atoms with E-state index in [2.05, 4.69) is 27.1 Å². The second kappa shape index (κ2) is 4.99. The standard InChI is InChI=1S/C15H12N4S/c1-9-3-6-12-13(7-9)19-15(18-12)20-14-11(8-16)5-4-10(2)17-14/h3-7H,1-2H3,(H,18,19). The van der Waals surface area contributed by atoms with Crippen molar-refractivity contribution < 1.29 is 0 Å². The molecule has 0 bridgehead atoms.